The summed E-state index contributed by atoms with van der Waals surface area (Å²) in [5.74, 6) is 0.267. The quantitative estimate of drug-likeness (QED) is 0.630. The Kier molecular flexibility index (Phi) is 4.32. The molecule has 0 saturated carbocycles. The summed E-state index contributed by atoms with van der Waals surface area (Å²) >= 11 is 11.6. The van der Waals surface area contributed by atoms with Gasteiger partial charge in [-0.15, -0.1) is 0 Å². The lowest BCUT2D eigenvalue weighted by Crippen LogP contribution is -2.17. The van der Waals surface area contributed by atoms with Crippen LogP contribution in [0.2, 0.25) is 10.2 Å². The maximum absolute atomic E-state index is 12.1. The molecule has 0 amide bonds. The first-order chi connectivity index (χ1) is 10.6. The summed E-state index contributed by atoms with van der Waals surface area (Å²) in [4.78, 5) is 16.0. The molecular weight excluding hydrogens is 325 g/mol. The molecule has 1 aromatic carbocycles. The molecule has 22 heavy (non-hydrogen) atoms. The van der Waals surface area contributed by atoms with Crippen molar-refractivity contribution in [1.82, 2.24) is 4.98 Å². The van der Waals surface area contributed by atoms with Crippen LogP contribution in [0.15, 0.2) is 42.1 Å². The third kappa shape index (κ3) is 3.40. The van der Waals surface area contributed by atoms with E-state index in [-0.39, 0.29) is 13.2 Å². The Labute approximate surface area is 137 Å². The third-order valence-electron chi connectivity index (χ3n) is 3.11. The topological polar surface area (TPSA) is 48.4 Å². The molecule has 0 N–H and O–H groups in total. The van der Waals surface area contributed by atoms with Gasteiger partial charge >= 0.3 is 5.97 Å². The third-order valence-corrected chi connectivity index (χ3v) is 3.56. The zero-order chi connectivity index (χ0) is 15.5. The van der Waals surface area contributed by atoms with E-state index in [0.29, 0.717) is 21.5 Å². The summed E-state index contributed by atoms with van der Waals surface area (Å²) in [6, 6.07) is 8.66. The van der Waals surface area contributed by atoms with Crippen molar-refractivity contribution in [2.75, 3.05) is 6.61 Å². The van der Waals surface area contributed by atoms with E-state index >= 15 is 0 Å². The number of esters is 1. The summed E-state index contributed by atoms with van der Waals surface area (Å²) < 4.78 is 10.8. The molecule has 2 heterocycles. The van der Waals surface area contributed by atoms with Gasteiger partial charge in [0, 0.05) is 22.3 Å². The molecule has 0 saturated heterocycles. The van der Waals surface area contributed by atoms with Gasteiger partial charge in [0.1, 0.15) is 24.1 Å². The number of hydrogen-bond donors (Lipinski definition) is 0. The first-order valence-electron chi connectivity index (χ1n) is 6.52. The van der Waals surface area contributed by atoms with Gasteiger partial charge in [-0.1, -0.05) is 29.3 Å². The second kappa shape index (κ2) is 6.38. The van der Waals surface area contributed by atoms with Gasteiger partial charge < -0.3 is 9.47 Å². The Balaban J connectivity index is 1.69. The molecule has 2 aromatic rings. The lowest BCUT2D eigenvalue weighted by molar-refractivity contribution is -0.140. The minimum atomic E-state index is -0.430. The van der Waals surface area contributed by atoms with E-state index in [4.69, 9.17) is 32.7 Å². The molecule has 4 nitrogen and oxygen atoms in total. The highest BCUT2D eigenvalue weighted by Gasteiger charge is 2.18. The van der Waals surface area contributed by atoms with Crippen LogP contribution in [0.25, 0.3) is 6.08 Å². The summed E-state index contributed by atoms with van der Waals surface area (Å²) in [6.07, 6.45) is 3.30. The van der Waals surface area contributed by atoms with Crippen LogP contribution in [0.4, 0.5) is 0 Å². The molecule has 0 aliphatic carbocycles. The highest BCUT2D eigenvalue weighted by atomic mass is 35.5. The van der Waals surface area contributed by atoms with Crippen LogP contribution < -0.4 is 4.74 Å². The van der Waals surface area contributed by atoms with Crippen LogP contribution in [0.1, 0.15) is 11.1 Å². The summed E-state index contributed by atoms with van der Waals surface area (Å²) in [5, 5.41) is 0.979. The molecule has 0 unspecified atom stereocenters. The molecule has 0 bridgehead atoms. The van der Waals surface area contributed by atoms with E-state index in [1.807, 2.05) is 0 Å². The minimum Gasteiger partial charge on any atom is -0.488 e. The van der Waals surface area contributed by atoms with Gasteiger partial charge in [-0.05, 0) is 30.3 Å². The lowest BCUT2D eigenvalue weighted by Gasteiger charge is -2.17. The normalized spacial score (nSPS) is 12.9. The van der Waals surface area contributed by atoms with Gasteiger partial charge in [-0.2, -0.15) is 0 Å². The average Bonchev–Trinajstić information content (AvgIpc) is 2.53. The maximum Gasteiger partial charge on any atom is 0.337 e. The van der Waals surface area contributed by atoms with Crippen molar-refractivity contribution < 1.29 is 14.3 Å². The molecule has 0 fully saturated rings. The molecule has 0 atom stereocenters. The second-order valence-electron chi connectivity index (χ2n) is 4.71. The Morgan fingerprint density at radius 2 is 2.14 bits per heavy atom. The number of fused-ring (bicyclic) bond motifs is 1. The number of benzene rings is 1. The van der Waals surface area contributed by atoms with Crippen molar-refractivity contribution in [3.63, 3.8) is 0 Å². The van der Waals surface area contributed by atoms with Gasteiger partial charge in [-0.3, -0.25) is 0 Å². The zero-order valence-electron chi connectivity index (χ0n) is 11.4. The van der Waals surface area contributed by atoms with E-state index in [0.717, 1.165) is 11.1 Å². The van der Waals surface area contributed by atoms with E-state index in [1.165, 1.54) is 0 Å². The number of pyridine rings is 1. The number of ether oxygens (including phenoxy) is 2. The van der Waals surface area contributed by atoms with E-state index in [1.54, 1.807) is 42.6 Å². The van der Waals surface area contributed by atoms with Crippen LogP contribution in [0.3, 0.4) is 0 Å². The van der Waals surface area contributed by atoms with Crippen molar-refractivity contribution in [2.45, 2.75) is 6.61 Å². The number of aromatic nitrogens is 1. The molecule has 0 radical (unpaired) electrons. The molecule has 1 aliphatic heterocycles. The number of carbonyl (C=O) groups excluding carboxylic acids is 1. The Bertz CT molecular complexity index is 742. The molecule has 3 rings (SSSR count). The van der Waals surface area contributed by atoms with Crippen LogP contribution in [-0.2, 0) is 16.1 Å². The number of nitrogens with zero attached hydrogens (tertiary/aromatic N) is 1. The standard InChI is InChI=1S/C16H11Cl2NO3/c17-13-2-3-14-11(6-13)5-12(9-21-14)16(20)22-8-10-1-4-15(18)19-7-10/h1-7H,8-9H2. The van der Waals surface area contributed by atoms with Crippen LogP contribution >= 0.6 is 23.2 Å². The molecule has 1 aromatic heterocycles. The monoisotopic (exact) mass is 335 g/mol. The van der Waals surface area contributed by atoms with Gasteiger partial charge in [0.25, 0.3) is 0 Å². The molecule has 112 valence electrons. The van der Waals surface area contributed by atoms with Crippen molar-refractivity contribution in [3.05, 3.63) is 63.4 Å². The number of halogens is 2. The zero-order valence-corrected chi connectivity index (χ0v) is 12.9. The summed E-state index contributed by atoms with van der Waals surface area (Å²) in [5.41, 5.74) is 1.97. The van der Waals surface area contributed by atoms with Gasteiger partial charge in [-0.25, -0.2) is 9.78 Å². The van der Waals surface area contributed by atoms with Gasteiger partial charge in [0.15, 0.2) is 0 Å². The van der Waals surface area contributed by atoms with Gasteiger partial charge in [0.2, 0.25) is 0 Å². The first-order valence-corrected chi connectivity index (χ1v) is 7.28. The van der Waals surface area contributed by atoms with E-state index < -0.39 is 5.97 Å². The molecule has 0 spiro atoms. The van der Waals surface area contributed by atoms with Crippen LogP contribution in [0.5, 0.6) is 5.75 Å². The van der Waals surface area contributed by atoms with Crippen LogP contribution in [0, 0.1) is 0 Å². The fourth-order valence-electron chi connectivity index (χ4n) is 2.00. The highest BCUT2D eigenvalue weighted by Crippen LogP contribution is 2.29. The van der Waals surface area contributed by atoms with Crippen molar-refractivity contribution in [3.8, 4) is 5.75 Å². The fourth-order valence-corrected chi connectivity index (χ4v) is 2.29. The smallest absolute Gasteiger partial charge is 0.337 e. The maximum atomic E-state index is 12.1. The fraction of sp³-hybridized carbons (Fsp3) is 0.125. The summed E-state index contributed by atoms with van der Waals surface area (Å²) in [7, 11) is 0. The Morgan fingerprint density at radius 1 is 1.27 bits per heavy atom. The predicted molar refractivity (Wildman–Crippen MR) is 84.0 cm³/mol. The minimum absolute atomic E-state index is 0.128. The number of hydrogen-bond acceptors (Lipinski definition) is 4. The van der Waals surface area contributed by atoms with Crippen LogP contribution in [-0.4, -0.2) is 17.6 Å². The number of carbonyl (C=O) groups is 1. The van der Waals surface area contributed by atoms with Crippen molar-refractivity contribution in [1.29, 1.82) is 0 Å². The highest BCUT2D eigenvalue weighted by molar-refractivity contribution is 6.30. The van der Waals surface area contributed by atoms with Crippen molar-refractivity contribution >= 4 is 35.2 Å². The second-order valence-corrected chi connectivity index (χ2v) is 5.53. The first kappa shape index (κ1) is 14.9. The lowest BCUT2D eigenvalue weighted by atomic mass is 10.1. The predicted octanol–water partition coefficient (Wildman–Crippen LogP) is 3.91. The molecule has 6 heteroatoms. The van der Waals surface area contributed by atoms with E-state index in [2.05, 4.69) is 4.98 Å². The number of rotatable bonds is 3. The SMILES string of the molecule is O=C(OCc1ccc(Cl)nc1)C1=Cc2cc(Cl)ccc2OC1. The van der Waals surface area contributed by atoms with Gasteiger partial charge in [0.05, 0.1) is 5.57 Å². The Hall–Kier alpha value is -2.04. The Morgan fingerprint density at radius 3 is 2.91 bits per heavy atom. The average molecular weight is 336 g/mol. The molecule has 1 aliphatic rings. The summed E-state index contributed by atoms with van der Waals surface area (Å²) in [6.45, 7) is 0.301. The molecular formula is C16H11Cl2NO3. The largest absolute Gasteiger partial charge is 0.488 e. The van der Waals surface area contributed by atoms with E-state index in [9.17, 15) is 4.79 Å². The van der Waals surface area contributed by atoms with Crippen molar-refractivity contribution in [2.24, 2.45) is 0 Å².